The second kappa shape index (κ2) is 7.78. The van der Waals surface area contributed by atoms with Crippen LogP contribution in [0, 0.1) is 6.92 Å². The van der Waals surface area contributed by atoms with Crippen molar-refractivity contribution in [3.05, 3.63) is 70.2 Å². The van der Waals surface area contributed by atoms with Gasteiger partial charge in [-0.1, -0.05) is 47.5 Å². The Bertz CT molecular complexity index is 889. The van der Waals surface area contributed by atoms with Crippen LogP contribution < -0.4 is 0 Å². The first-order chi connectivity index (χ1) is 12.3. The minimum atomic E-state index is -3.40. The van der Waals surface area contributed by atoms with Gasteiger partial charge in [-0.25, -0.2) is 8.42 Å². The van der Waals surface area contributed by atoms with Gasteiger partial charge in [-0.2, -0.15) is 4.31 Å². The summed E-state index contributed by atoms with van der Waals surface area (Å²) in [6.07, 6.45) is 0. The third-order valence-corrected chi connectivity index (χ3v) is 6.55. The molecule has 0 aliphatic carbocycles. The second-order valence-electron chi connectivity index (χ2n) is 6.44. The Morgan fingerprint density at radius 3 is 2.31 bits per heavy atom. The lowest BCUT2D eigenvalue weighted by molar-refractivity contribution is 0.0698. The van der Waals surface area contributed by atoms with Crippen molar-refractivity contribution in [2.45, 2.75) is 12.7 Å². The van der Waals surface area contributed by atoms with Crippen LogP contribution >= 0.6 is 11.6 Å². The van der Waals surface area contributed by atoms with Gasteiger partial charge in [0.25, 0.3) is 5.91 Å². The number of benzene rings is 2. The zero-order chi connectivity index (χ0) is 18.7. The molecule has 1 saturated heterocycles. The summed E-state index contributed by atoms with van der Waals surface area (Å²) in [5, 5.41) is 0.509. The van der Waals surface area contributed by atoms with Crippen LogP contribution in [0.25, 0.3) is 0 Å². The number of aryl methyl sites for hydroxylation is 1. The SMILES string of the molecule is Cc1ccc(CS(=O)(=O)N2CCN(C(=O)c3cccc(Cl)c3)CC2)cc1. The third kappa shape index (κ3) is 4.44. The van der Waals surface area contributed by atoms with Crippen LogP contribution in [0.5, 0.6) is 0 Å². The summed E-state index contributed by atoms with van der Waals surface area (Å²) in [6.45, 7) is 3.33. The molecule has 0 unspecified atom stereocenters. The third-order valence-electron chi connectivity index (χ3n) is 4.46. The van der Waals surface area contributed by atoms with Crippen LogP contribution in [0.3, 0.4) is 0 Å². The molecule has 1 aliphatic heterocycles. The van der Waals surface area contributed by atoms with Crippen LogP contribution in [0.15, 0.2) is 48.5 Å². The first kappa shape index (κ1) is 18.9. The molecule has 2 aromatic rings. The number of sulfonamides is 1. The van der Waals surface area contributed by atoms with Gasteiger partial charge in [-0.15, -0.1) is 0 Å². The molecule has 0 saturated carbocycles. The monoisotopic (exact) mass is 392 g/mol. The molecular weight excluding hydrogens is 372 g/mol. The van der Waals surface area contributed by atoms with E-state index < -0.39 is 10.0 Å². The van der Waals surface area contributed by atoms with Gasteiger partial charge >= 0.3 is 0 Å². The van der Waals surface area contributed by atoms with E-state index in [1.165, 1.54) is 4.31 Å². The number of hydrogen-bond acceptors (Lipinski definition) is 3. The van der Waals surface area contributed by atoms with Crippen molar-refractivity contribution in [3.8, 4) is 0 Å². The Balaban J connectivity index is 1.62. The minimum absolute atomic E-state index is 0.0183. The number of rotatable bonds is 4. The average molecular weight is 393 g/mol. The van der Waals surface area contributed by atoms with E-state index in [2.05, 4.69) is 0 Å². The highest BCUT2D eigenvalue weighted by Crippen LogP contribution is 2.17. The quantitative estimate of drug-likeness (QED) is 0.803. The molecule has 0 aromatic heterocycles. The maximum Gasteiger partial charge on any atom is 0.253 e. The highest BCUT2D eigenvalue weighted by Gasteiger charge is 2.29. The zero-order valence-corrected chi connectivity index (χ0v) is 16.1. The molecule has 0 spiro atoms. The molecule has 1 fully saturated rings. The molecule has 0 atom stereocenters. The smallest absolute Gasteiger partial charge is 0.253 e. The molecule has 0 radical (unpaired) electrons. The second-order valence-corrected chi connectivity index (χ2v) is 8.85. The largest absolute Gasteiger partial charge is 0.336 e. The summed E-state index contributed by atoms with van der Waals surface area (Å²) >= 11 is 5.94. The first-order valence-corrected chi connectivity index (χ1v) is 10.4. The van der Waals surface area contributed by atoms with Gasteiger partial charge in [0.15, 0.2) is 0 Å². The standard InChI is InChI=1S/C19H21ClN2O3S/c1-15-5-7-16(8-6-15)14-26(24,25)22-11-9-21(10-12-22)19(23)17-3-2-4-18(20)13-17/h2-8,13H,9-12,14H2,1H3. The molecule has 5 nitrogen and oxygen atoms in total. The topological polar surface area (TPSA) is 57.7 Å². The van der Waals surface area contributed by atoms with Crippen LogP contribution in [-0.2, 0) is 15.8 Å². The molecule has 26 heavy (non-hydrogen) atoms. The van der Waals surface area contributed by atoms with Crippen molar-refractivity contribution >= 4 is 27.5 Å². The number of hydrogen-bond donors (Lipinski definition) is 0. The maximum atomic E-state index is 12.6. The first-order valence-electron chi connectivity index (χ1n) is 8.43. The van der Waals surface area contributed by atoms with Crippen LogP contribution in [0.4, 0.5) is 0 Å². The van der Waals surface area contributed by atoms with E-state index in [1.54, 1.807) is 29.2 Å². The molecular formula is C19H21ClN2O3S. The Hall–Kier alpha value is -1.89. The van der Waals surface area contributed by atoms with E-state index in [0.717, 1.165) is 11.1 Å². The van der Waals surface area contributed by atoms with Crippen molar-refractivity contribution in [1.29, 1.82) is 0 Å². The minimum Gasteiger partial charge on any atom is -0.336 e. The van der Waals surface area contributed by atoms with E-state index in [0.29, 0.717) is 36.8 Å². The van der Waals surface area contributed by atoms with Crippen LogP contribution in [0.2, 0.25) is 5.02 Å². The predicted molar refractivity (Wildman–Crippen MR) is 103 cm³/mol. The normalized spacial score (nSPS) is 15.8. The van der Waals surface area contributed by atoms with Gasteiger partial charge in [0.05, 0.1) is 5.75 Å². The molecule has 3 rings (SSSR count). The fraction of sp³-hybridized carbons (Fsp3) is 0.316. The number of halogens is 1. The van der Waals surface area contributed by atoms with Gasteiger partial charge in [0, 0.05) is 36.8 Å². The Morgan fingerprint density at radius 1 is 1.04 bits per heavy atom. The summed E-state index contributed by atoms with van der Waals surface area (Å²) in [6, 6.07) is 14.3. The van der Waals surface area contributed by atoms with Crippen molar-refractivity contribution < 1.29 is 13.2 Å². The molecule has 0 N–H and O–H groups in total. The number of nitrogens with zero attached hydrogens (tertiary/aromatic N) is 2. The molecule has 1 aliphatic rings. The lowest BCUT2D eigenvalue weighted by atomic mass is 10.2. The predicted octanol–water partition coefficient (Wildman–Crippen LogP) is 2.94. The lowest BCUT2D eigenvalue weighted by Gasteiger charge is -2.34. The van der Waals surface area contributed by atoms with Gasteiger partial charge in [-0.3, -0.25) is 4.79 Å². The zero-order valence-electron chi connectivity index (χ0n) is 14.6. The molecule has 0 bridgehead atoms. The molecule has 1 amide bonds. The summed E-state index contributed by atoms with van der Waals surface area (Å²) in [5.74, 6) is -0.140. The molecule has 7 heteroatoms. The molecule has 1 heterocycles. The molecule has 2 aromatic carbocycles. The highest BCUT2D eigenvalue weighted by molar-refractivity contribution is 7.88. The van der Waals surface area contributed by atoms with Gasteiger partial charge in [-0.05, 0) is 30.7 Å². The van der Waals surface area contributed by atoms with Crippen molar-refractivity contribution in [2.75, 3.05) is 26.2 Å². The summed E-state index contributed by atoms with van der Waals surface area (Å²) in [7, 11) is -3.40. The van der Waals surface area contributed by atoms with E-state index in [4.69, 9.17) is 11.6 Å². The van der Waals surface area contributed by atoms with Crippen molar-refractivity contribution in [3.63, 3.8) is 0 Å². The molecule has 138 valence electrons. The van der Waals surface area contributed by atoms with Gasteiger partial charge < -0.3 is 4.90 Å². The van der Waals surface area contributed by atoms with E-state index >= 15 is 0 Å². The number of carbonyl (C=O) groups excluding carboxylic acids is 1. The Morgan fingerprint density at radius 2 is 1.69 bits per heavy atom. The fourth-order valence-corrected chi connectivity index (χ4v) is 4.67. The average Bonchev–Trinajstić information content (AvgIpc) is 2.63. The summed E-state index contributed by atoms with van der Waals surface area (Å²) in [4.78, 5) is 14.2. The summed E-state index contributed by atoms with van der Waals surface area (Å²) < 4.78 is 26.7. The highest BCUT2D eigenvalue weighted by atomic mass is 35.5. The number of piperazine rings is 1. The Kier molecular flexibility index (Phi) is 5.65. The van der Waals surface area contributed by atoms with Crippen LogP contribution in [0.1, 0.15) is 21.5 Å². The fourth-order valence-electron chi connectivity index (χ4n) is 2.96. The maximum absolute atomic E-state index is 12.6. The number of amides is 1. The van der Waals surface area contributed by atoms with Crippen molar-refractivity contribution in [2.24, 2.45) is 0 Å². The van der Waals surface area contributed by atoms with E-state index in [1.807, 2.05) is 31.2 Å². The number of carbonyl (C=O) groups is 1. The van der Waals surface area contributed by atoms with Gasteiger partial charge in [0.2, 0.25) is 10.0 Å². The Labute approximate surface area is 159 Å². The lowest BCUT2D eigenvalue weighted by Crippen LogP contribution is -2.50. The van der Waals surface area contributed by atoms with E-state index in [9.17, 15) is 13.2 Å². The van der Waals surface area contributed by atoms with E-state index in [-0.39, 0.29) is 11.7 Å². The van der Waals surface area contributed by atoms with Crippen molar-refractivity contribution in [1.82, 2.24) is 9.21 Å². The van der Waals surface area contributed by atoms with Gasteiger partial charge in [0.1, 0.15) is 0 Å². The van der Waals surface area contributed by atoms with Crippen LogP contribution in [-0.4, -0.2) is 49.7 Å². The summed E-state index contributed by atoms with van der Waals surface area (Å²) in [5.41, 5.74) is 2.39.